The second kappa shape index (κ2) is 8.56. The molecule has 1 aromatic heterocycles. The van der Waals surface area contributed by atoms with E-state index in [1.165, 1.54) is 11.5 Å². The van der Waals surface area contributed by atoms with Gasteiger partial charge in [-0.15, -0.1) is 0 Å². The Hall–Kier alpha value is -3.35. The molecule has 0 saturated carbocycles. The third-order valence-electron chi connectivity index (χ3n) is 4.27. The molecule has 0 amide bonds. The van der Waals surface area contributed by atoms with Crippen molar-refractivity contribution in [3.8, 4) is 5.75 Å². The van der Waals surface area contributed by atoms with E-state index in [1.54, 1.807) is 42.5 Å². The summed E-state index contributed by atoms with van der Waals surface area (Å²) in [5.41, 5.74) is 2.25. The van der Waals surface area contributed by atoms with Crippen LogP contribution in [0.1, 0.15) is 36.2 Å². The lowest BCUT2D eigenvalue weighted by molar-refractivity contribution is -0.145. The smallest absolute Gasteiger partial charge is 0.419 e. The highest BCUT2D eigenvalue weighted by Crippen LogP contribution is 2.22. The number of nitrogens with zero attached hydrogens (tertiary/aromatic N) is 1. The Morgan fingerprint density at radius 1 is 1.14 bits per heavy atom. The highest BCUT2D eigenvalue weighted by atomic mass is 16.5. The number of benzene rings is 2. The average molecular weight is 383 g/mol. The largest absolute Gasteiger partial charge is 0.493 e. The minimum atomic E-state index is -0.512. The number of aromatic nitrogens is 1. The van der Waals surface area contributed by atoms with Gasteiger partial charge in [0.25, 0.3) is 0 Å². The van der Waals surface area contributed by atoms with Gasteiger partial charge in [-0.05, 0) is 44.2 Å². The summed E-state index contributed by atoms with van der Waals surface area (Å²) in [6.45, 7) is 3.91. The summed E-state index contributed by atoms with van der Waals surface area (Å²) < 4.78 is 17.4. The lowest BCUT2D eigenvalue weighted by atomic mass is 10.1. The monoisotopic (exact) mass is 383 g/mol. The number of esters is 1. The maximum Gasteiger partial charge on any atom is 0.419 e. The van der Waals surface area contributed by atoms with E-state index in [0.717, 1.165) is 0 Å². The molecule has 0 N–H and O–H groups in total. The predicted octanol–water partition coefficient (Wildman–Crippen LogP) is 3.33. The van der Waals surface area contributed by atoms with Crippen LogP contribution in [0.25, 0.3) is 11.1 Å². The van der Waals surface area contributed by atoms with Gasteiger partial charge in [0.2, 0.25) is 0 Å². The number of ketones is 1. The summed E-state index contributed by atoms with van der Waals surface area (Å²) in [5.74, 6) is -0.492. The number of aryl methyl sites for hydroxylation is 1. The number of fused-ring (bicyclic) bond motifs is 1. The quantitative estimate of drug-likeness (QED) is 0.438. The van der Waals surface area contributed by atoms with Crippen molar-refractivity contribution in [2.24, 2.45) is 0 Å². The Balaban J connectivity index is 1.65. The molecule has 3 rings (SSSR count). The summed E-state index contributed by atoms with van der Waals surface area (Å²) in [5, 5.41) is 0. The predicted molar refractivity (Wildman–Crippen MR) is 103 cm³/mol. The lowest BCUT2D eigenvalue weighted by Gasteiger charge is -2.12. The highest BCUT2D eigenvalue weighted by Gasteiger charge is 2.13. The first-order valence-electron chi connectivity index (χ1n) is 9.00. The zero-order valence-corrected chi connectivity index (χ0v) is 15.8. The third kappa shape index (κ3) is 4.31. The van der Waals surface area contributed by atoms with Gasteiger partial charge >= 0.3 is 11.7 Å². The number of Topliss-reactive ketones (excluding diaryl/α,β-unsaturated/α-hetero) is 1. The molecule has 7 heteroatoms. The van der Waals surface area contributed by atoms with Crippen molar-refractivity contribution in [1.82, 2.24) is 4.57 Å². The molecule has 3 aromatic rings. The molecule has 0 spiro atoms. The van der Waals surface area contributed by atoms with Gasteiger partial charge in [-0.1, -0.05) is 12.1 Å². The van der Waals surface area contributed by atoms with E-state index < -0.39 is 11.7 Å². The molecule has 0 unspecified atom stereocenters. The topological polar surface area (TPSA) is 87.7 Å². The van der Waals surface area contributed by atoms with Gasteiger partial charge in [0.1, 0.15) is 12.4 Å². The van der Waals surface area contributed by atoms with Crippen LogP contribution in [0.5, 0.6) is 5.75 Å². The molecule has 146 valence electrons. The van der Waals surface area contributed by atoms with Crippen molar-refractivity contribution in [1.29, 1.82) is 0 Å². The summed E-state index contributed by atoms with van der Waals surface area (Å²) in [6.07, 6.45) is 0.0137. The van der Waals surface area contributed by atoms with Crippen molar-refractivity contribution >= 4 is 22.9 Å². The molecule has 0 bridgehead atoms. The average Bonchev–Trinajstić information content (AvgIpc) is 3.00. The van der Waals surface area contributed by atoms with E-state index in [0.29, 0.717) is 34.6 Å². The van der Waals surface area contributed by atoms with Crippen LogP contribution >= 0.6 is 0 Å². The first kappa shape index (κ1) is 19.4. The molecular weight excluding hydrogens is 362 g/mol. The third-order valence-corrected chi connectivity index (χ3v) is 4.27. The van der Waals surface area contributed by atoms with Crippen molar-refractivity contribution in [3.63, 3.8) is 0 Å². The van der Waals surface area contributed by atoms with Crippen LogP contribution < -0.4 is 10.5 Å². The van der Waals surface area contributed by atoms with Crippen LogP contribution in [0, 0.1) is 0 Å². The summed E-state index contributed by atoms with van der Waals surface area (Å²) in [7, 11) is 0. The van der Waals surface area contributed by atoms with Crippen LogP contribution in [-0.4, -0.2) is 22.9 Å². The summed E-state index contributed by atoms with van der Waals surface area (Å²) >= 11 is 0. The van der Waals surface area contributed by atoms with E-state index in [4.69, 9.17) is 13.9 Å². The zero-order valence-electron chi connectivity index (χ0n) is 15.8. The Labute approximate surface area is 161 Å². The van der Waals surface area contributed by atoms with Crippen molar-refractivity contribution < 1.29 is 23.5 Å². The molecule has 7 nitrogen and oxygen atoms in total. The Morgan fingerprint density at radius 3 is 2.68 bits per heavy atom. The van der Waals surface area contributed by atoms with Crippen LogP contribution in [-0.2, 0) is 22.7 Å². The first-order valence-corrected chi connectivity index (χ1v) is 9.00. The molecular formula is C21H21NO6. The normalized spacial score (nSPS) is 10.8. The molecule has 0 aliphatic rings. The van der Waals surface area contributed by atoms with Crippen LogP contribution in [0.4, 0.5) is 0 Å². The minimum Gasteiger partial charge on any atom is -0.493 e. The Kier molecular flexibility index (Phi) is 5.93. The van der Waals surface area contributed by atoms with E-state index in [9.17, 15) is 14.4 Å². The fraction of sp³-hybridized carbons (Fsp3) is 0.286. The molecule has 0 aliphatic carbocycles. The van der Waals surface area contributed by atoms with Crippen molar-refractivity contribution in [3.05, 3.63) is 64.1 Å². The fourth-order valence-electron chi connectivity index (χ4n) is 2.87. The molecule has 0 atom stereocenters. The Morgan fingerprint density at radius 2 is 1.93 bits per heavy atom. The molecule has 0 radical (unpaired) electrons. The number of rotatable bonds is 8. The van der Waals surface area contributed by atoms with Gasteiger partial charge in [0.05, 0.1) is 18.5 Å². The fourth-order valence-corrected chi connectivity index (χ4v) is 2.87. The van der Waals surface area contributed by atoms with Crippen LogP contribution in [0.2, 0.25) is 0 Å². The van der Waals surface area contributed by atoms with Gasteiger partial charge in [-0.3, -0.25) is 14.2 Å². The minimum absolute atomic E-state index is 0.0137. The first-order chi connectivity index (χ1) is 13.5. The van der Waals surface area contributed by atoms with E-state index in [1.807, 2.05) is 6.92 Å². The van der Waals surface area contributed by atoms with E-state index >= 15 is 0 Å². The molecule has 0 saturated heterocycles. The number of carbonyl (C=O) groups is 2. The molecule has 0 fully saturated rings. The number of para-hydroxylation sites is 2. The number of ether oxygens (including phenoxy) is 2. The molecule has 28 heavy (non-hydrogen) atoms. The molecule has 1 heterocycles. The van der Waals surface area contributed by atoms with Crippen molar-refractivity contribution in [2.75, 3.05) is 6.61 Å². The van der Waals surface area contributed by atoms with E-state index in [-0.39, 0.29) is 25.4 Å². The van der Waals surface area contributed by atoms with Crippen LogP contribution in [0.15, 0.2) is 51.7 Å². The van der Waals surface area contributed by atoms with Crippen molar-refractivity contribution in [2.45, 2.75) is 33.4 Å². The summed E-state index contributed by atoms with van der Waals surface area (Å²) in [6, 6.07) is 12.1. The van der Waals surface area contributed by atoms with Gasteiger partial charge in [-0.2, -0.15) is 0 Å². The number of oxazole rings is 1. The standard InChI is InChI=1S/C21H21NO6/c1-3-26-18-9-8-15(14(2)23)12-16(18)13-27-20(24)10-11-22-17-6-4-5-7-19(17)28-21(22)25/h4-9,12H,3,10-11,13H2,1-2H3. The number of hydrogen-bond donors (Lipinski definition) is 0. The van der Waals surface area contributed by atoms with Gasteiger partial charge in [0, 0.05) is 17.7 Å². The van der Waals surface area contributed by atoms with Gasteiger partial charge in [0.15, 0.2) is 11.4 Å². The maximum absolute atomic E-state index is 12.2. The van der Waals surface area contributed by atoms with Gasteiger partial charge in [-0.25, -0.2) is 4.79 Å². The zero-order chi connectivity index (χ0) is 20.1. The van der Waals surface area contributed by atoms with Crippen LogP contribution in [0.3, 0.4) is 0 Å². The maximum atomic E-state index is 12.2. The summed E-state index contributed by atoms with van der Waals surface area (Å²) in [4.78, 5) is 35.7. The highest BCUT2D eigenvalue weighted by molar-refractivity contribution is 5.94. The second-order valence-corrected chi connectivity index (χ2v) is 6.21. The number of hydrogen-bond acceptors (Lipinski definition) is 6. The molecule has 2 aromatic carbocycles. The second-order valence-electron chi connectivity index (χ2n) is 6.21. The van der Waals surface area contributed by atoms with E-state index in [2.05, 4.69) is 0 Å². The SMILES string of the molecule is CCOc1ccc(C(C)=O)cc1COC(=O)CCn1c(=O)oc2ccccc21. The lowest BCUT2D eigenvalue weighted by Crippen LogP contribution is -2.17. The Bertz CT molecular complexity index is 1060. The molecule has 0 aliphatic heterocycles. The van der Waals surface area contributed by atoms with Gasteiger partial charge < -0.3 is 13.9 Å². The number of carbonyl (C=O) groups excluding carboxylic acids is 2.